The summed E-state index contributed by atoms with van der Waals surface area (Å²) in [7, 11) is 2.95. The molecule has 0 aliphatic carbocycles. The molecule has 0 aromatic heterocycles. The lowest BCUT2D eigenvalue weighted by molar-refractivity contribution is -0.148. The van der Waals surface area contributed by atoms with E-state index in [0.717, 1.165) is 23.6 Å². The fraction of sp³-hybridized carbons (Fsp3) is 0.556. The Labute approximate surface area is 158 Å². The van der Waals surface area contributed by atoms with Crippen LogP contribution in [0.4, 0.5) is 0 Å². The maximum atomic E-state index is 12.3. The maximum Gasteiger partial charge on any atom is 0.311 e. The van der Waals surface area contributed by atoms with Crippen LogP contribution >= 0.6 is 0 Å². The predicted molar refractivity (Wildman–Crippen MR) is 95.2 cm³/mol. The Balaban J connectivity index is 1.44. The molecule has 2 amide bonds. The number of methoxy groups -OCH3 is 2. The monoisotopic (exact) mass is 379 g/mol. The first kappa shape index (κ1) is 19.4. The van der Waals surface area contributed by atoms with Crippen LogP contribution in [0, 0.1) is 0 Å². The molecule has 1 N–H and O–H groups in total. The smallest absolute Gasteiger partial charge is 0.311 e. The summed E-state index contributed by atoms with van der Waals surface area (Å²) in [5.74, 6) is 0.370. The molecule has 0 atom stereocenters. The van der Waals surface area contributed by atoms with Crippen LogP contribution in [-0.4, -0.2) is 81.6 Å². The first-order valence-corrected chi connectivity index (χ1v) is 8.84. The minimum Gasteiger partial charge on any atom is -0.454 e. The van der Waals surface area contributed by atoms with E-state index in [1.165, 1.54) is 14.2 Å². The van der Waals surface area contributed by atoms with E-state index in [4.69, 9.17) is 18.9 Å². The summed E-state index contributed by atoms with van der Waals surface area (Å²) in [5, 5.41) is 2.54. The summed E-state index contributed by atoms with van der Waals surface area (Å²) in [6.45, 7) is 3.56. The van der Waals surface area contributed by atoms with E-state index in [0.29, 0.717) is 26.2 Å². The Kier molecular flexibility index (Phi) is 6.49. The van der Waals surface area contributed by atoms with Crippen LogP contribution in [0.3, 0.4) is 0 Å². The molecule has 148 valence electrons. The zero-order valence-corrected chi connectivity index (χ0v) is 15.6. The number of nitrogens with one attached hydrogen (secondary N) is 1. The minimum atomic E-state index is -0.640. The molecule has 0 spiro atoms. The van der Waals surface area contributed by atoms with Crippen molar-refractivity contribution in [2.45, 2.75) is 12.8 Å². The average Bonchev–Trinajstić information content (AvgIpc) is 3.16. The number of fused-ring (bicyclic) bond motifs is 1. The van der Waals surface area contributed by atoms with Crippen LogP contribution in [-0.2, 0) is 25.6 Å². The number of carbonyl (C=O) groups is 2. The molecule has 2 aliphatic rings. The third kappa shape index (κ3) is 4.88. The molecule has 2 aliphatic heterocycles. The number of rotatable bonds is 6. The highest BCUT2D eigenvalue weighted by atomic mass is 16.7. The largest absolute Gasteiger partial charge is 0.454 e. The number of ether oxygens (including phenoxy) is 4. The van der Waals surface area contributed by atoms with Gasteiger partial charge in [-0.3, -0.25) is 14.5 Å². The maximum absolute atomic E-state index is 12.3. The van der Waals surface area contributed by atoms with E-state index >= 15 is 0 Å². The van der Waals surface area contributed by atoms with Crippen molar-refractivity contribution in [3.63, 3.8) is 0 Å². The molecule has 1 fully saturated rings. The van der Waals surface area contributed by atoms with Crippen LogP contribution in [0.1, 0.15) is 5.56 Å². The second kappa shape index (κ2) is 9.03. The predicted octanol–water partition coefficient (Wildman–Crippen LogP) is -0.205. The summed E-state index contributed by atoms with van der Waals surface area (Å²) in [5.41, 5.74) is 1.13. The zero-order chi connectivity index (χ0) is 19.2. The first-order valence-electron chi connectivity index (χ1n) is 8.84. The number of piperazine rings is 1. The van der Waals surface area contributed by atoms with Gasteiger partial charge in [0.1, 0.15) is 0 Å². The highest BCUT2D eigenvalue weighted by Gasteiger charge is 2.26. The second-order valence-corrected chi connectivity index (χ2v) is 6.37. The van der Waals surface area contributed by atoms with Gasteiger partial charge in [-0.25, -0.2) is 0 Å². The number of hydrogen-bond donors (Lipinski definition) is 1. The molecule has 0 unspecified atom stereocenters. The van der Waals surface area contributed by atoms with Gasteiger partial charge in [0.15, 0.2) is 17.8 Å². The lowest BCUT2D eigenvalue weighted by Gasteiger charge is -2.34. The van der Waals surface area contributed by atoms with Gasteiger partial charge in [0.25, 0.3) is 0 Å². The molecule has 27 heavy (non-hydrogen) atoms. The van der Waals surface area contributed by atoms with Crippen molar-refractivity contribution in [3.8, 4) is 11.5 Å². The minimum absolute atomic E-state index is 0.127. The SMILES string of the molecule is COC(CNC(=O)C(=O)N1CCN(Cc2ccc3c(c2)OCO3)CC1)OC. The van der Waals surface area contributed by atoms with Crippen LogP contribution in [0.15, 0.2) is 18.2 Å². The van der Waals surface area contributed by atoms with Crippen LogP contribution < -0.4 is 14.8 Å². The summed E-state index contributed by atoms with van der Waals surface area (Å²) < 4.78 is 20.7. The van der Waals surface area contributed by atoms with Crippen molar-refractivity contribution in [2.75, 3.05) is 53.7 Å². The summed E-state index contributed by atoms with van der Waals surface area (Å²) >= 11 is 0. The molecule has 1 aromatic rings. The molecule has 0 saturated carbocycles. The number of amides is 2. The van der Waals surface area contributed by atoms with Gasteiger partial charge in [-0.15, -0.1) is 0 Å². The van der Waals surface area contributed by atoms with Crippen molar-refractivity contribution in [3.05, 3.63) is 23.8 Å². The lowest BCUT2D eigenvalue weighted by atomic mass is 10.1. The Morgan fingerprint density at radius 2 is 1.81 bits per heavy atom. The second-order valence-electron chi connectivity index (χ2n) is 6.37. The lowest BCUT2D eigenvalue weighted by Crippen LogP contribution is -2.53. The molecular weight excluding hydrogens is 354 g/mol. The summed E-state index contributed by atoms with van der Waals surface area (Å²) in [6.07, 6.45) is -0.569. The van der Waals surface area contributed by atoms with E-state index < -0.39 is 18.1 Å². The van der Waals surface area contributed by atoms with E-state index in [1.807, 2.05) is 18.2 Å². The van der Waals surface area contributed by atoms with Gasteiger partial charge < -0.3 is 29.2 Å². The normalized spacial score (nSPS) is 16.6. The van der Waals surface area contributed by atoms with Gasteiger partial charge in [0.2, 0.25) is 6.79 Å². The van der Waals surface area contributed by atoms with Crippen molar-refractivity contribution in [2.24, 2.45) is 0 Å². The third-order valence-electron chi connectivity index (χ3n) is 4.65. The van der Waals surface area contributed by atoms with Crippen molar-refractivity contribution >= 4 is 11.8 Å². The zero-order valence-electron chi connectivity index (χ0n) is 15.6. The van der Waals surface area contributed by atoms with Crippen molar-refractivity contribution < 1.29 is 28.5 Å². The number of nitrogens with zero attached hydrogens (tertiary/aromatic N) is 2. The van der Waals surface area contributed by atoms with Gasteiger partial charge >= 0.3 is 11.8 Å². The standard InChI is InChI=1S/C18H25N3O6/c1-24-16(25-2)10-19-17(22)18(23)21-7-5-20(6-8-21)11-13-3-4-14-15(9-13)27-12-26-14/h3-4,9,16H,5-8,10-12H2,1-2H3,(H,19,22). The highest BCUT2D eigenvalue weighted by molar-refractivity contribution is 6.35. The molecule has 0 bridgehead atoms. The van der Waals surface area contributed by atoms with Crippen molar-refractivity contribution in [1.29, 1.82) is 0 Å². The van der Waals surface area contributed by atoms with Gasteiger partial charge in [0.05, 0.1) is 6.54 Å². The van der Waals surface area contributed by atoms with Gasteiger partial charge in [-0.1, -0.05) is 6.07 Å². The van der Waals surface area contributed by atoms with E-state index in [1.54, 1.807) is 4.90 Å². The van der Waals surface area contributed by atoms with E-state index in [9.17, 15) is 9.59 Å². The molecule has 1 saturated heterocycles. The Morgan fingerprint density at radius 1 is 1.11 bits per heavy atom. The first-order chi connectivity index (χ1) is 13.1. The Bertz CT molecular complexity index is 671. The molecule has 3 rings (SSSR count). The van der Waals surface area contributed by atoms with Crippen LogP contribution in [0.25, 0.3) is 0 Å². The fourth-order valence-electron chi connectivity index (χ4n) is 3.06. The van der Waals surface area contributed by atoms with Gasteiger partial charge in [-0.2, -0.15) is 0 Å². The topological polar surface area (TPSA) is 89.6 Å². The molecule has 9 nitrogen and oxygen atoms in total. The Hall–Kier alpha value is -2.36. The summed E-state index contributed by atoms with van der Waals surface area (Å²) in [6, 6.07) is 5.91. The molecule has 0 radical (unpaired) electrons. The van der Waals surface area contributed by atoms with Crippen LogP contribution in [0.5, 0.6) is 11.5 Å². The molecule has 1 aromatic carbocycles. The Morgan fingerprint density at radius 3 is 2.52 bits per heavy atom. The van der Waals surface area contributed by atoms with Crippen LogP contribution in [0.2, 0.25) is 0 Å². The fourth-order valence-corrected chi connectivity index (χ4v) is 3.06. The number of carbonyl (C=O) groups excluding carboxylic acids is 2. The highest BCUT2D eigenvalue weighted by Crippen LogP contribution is 2.32. The van der Waals surface area contributed by atoms with Gasteiger partial charge in [0, 0.05) is 46.9 Å². The van der Waals surface area contributed by atoms with Crippen molar-refractivity contribution in [1.82, 2.24) is 15.1 Å². The van der Waals surface area contributed by atoms with E-state index in [-0.39, 0.29) is 13.3 Å². The summed E-state index contributed by atoms with van der Waals surface area (Å²) in [4.78, 5) is 28.1. The number of hydrogen-bond acceptors (Lipinski definition) is 7. The van der Waals surface area contributed by atoms with Gasteiger partial charge in [-0.05, 0) is 17.7 Å². The quantitative estimate of drug-likeness (QED) is 0.541. The molecule has 2 heterocycles. The third-order valence-corrected chi connectivity index (χ3v) is 4.65. The average molecular weight is 379 g/mol. The molecular formula is C18H25N3O6. The van der Waals surface area contributed by atoms with E-state index in [2.05, 4.69) is 10.2 Å². The molecule has 9 heteroatoms. The number of benzene rings is 1.